The zero-order valence-electron chi connectivity index (χ0n) is 20.1. The van der Waals surface area contributed by atoms with Gasteiger partial charge in [-0.1, -0.05) is 31.9 Å². The molecule has 1 N–H and O–H groups in total. The molecule has 3 amide bonds. The van der Waals surface area contributed by atoms with Crippen molar-refractivity contribution in [2.45, 2.75) is 64.4 Å². The van der Waals surface area contributed by atoms with Crippen LogP contribution in [0.4, 0.5) is 10.5 Å². The SMILES string of the molecule is CCC1CN(C(=O)N2CCC(C(=O)NCCCN3CCCCCC3)CC2)c2ccccc2O1. The second-order valence-corrected chi connectivity index (χ2v) is 9.67. The second kappa shape index (κ2) is 11.7. The minimum absolute atomic E-state index is 0.00704. The molecule has 3 aliphatic heterocycles. The highest BCUT2D eigenvalue weighted by molar-refractivity contribution is 5.94. The minimum atomic E-state index is 0.00704. The van der Waals surface area contributed by atoms with E-state index in [1.807, 2.05) is 34.1 Å². The number of likely N-dealkylation sites (tertiary alicyclic amines) is 2. The fourth-order valence-electron chi connectivity index (χ4n) is 5.21. The monoisotopic (exact) mass is 456 g/mol. The number of amides is 3. The smallest absolute Gasteiger partial charge is 0.324 e. The summed E-state index contributed by atoms with van der Waals surface area (Å²) in [7, 11) is 0. The number of hydrogen-bond donors (Lipinski definition) is 1. The molecule has 7 heteroatoms. The van der Waals surface area contributed by atoms with Gasteiger partial charge in [0.25, 0.3) is 0 Å². The first-order valence-electron chi connectivity index (χ1n) is 13.0. The Labute approximate surface area is 198 Å². The highest BCUT2D eigenvalue weighted by atomic mass is 16.5. The van der Waals surface area contributed by atoms with Gasteiger partial charge in [-0.3, -0.25) is 9.69 Å². The van der Waals surface area contributed by atoms with Gasteiger partial charge in [-0.05, 0) is 70.3 Å². The Morgan fingerprint density at radius 3 is 2.48 bits per heavy atom. The second-order valence-electron chi connectivity index (χ2n) is 9.67. The molecule has 182 valence electrons. The summed E-state index contributed by atoms with van der Waals surface area (Å²) in [5, 5.41) is 3.15. The standard InChI is InChI=1S/C26H40N4O3/c1-2-22-20-30(23-10-5-6-11-24(23)33-22)26(32)29-18-12-21(13-19-29)25(31)27-14-9-17-28-15-7-3-4-8-16-28/h5-6,10-11,21-22H,2-4,7-9,12-20H2,1H3,(H,27,31). The van der Waals surface area contributed by atoms with Gasteiger partial charge in [-0.2, -0.15) is 0 Å². The van der Waals surface area contributed by atoms with Crippen LogP contribution in [0.15, 0.2) is 24.3 Å². The number of carbonyl (C=O) groups is 2. The predicted molar refractivity (Wildman–Crippen MR) is 131 cm³/mol. The molecule has 0 radical (unpaired) electrons. The maximum absolute atomic E-state index is 13.3. The molecule has 33 heavy (non-hydrogen) atoms. The molecule has 0 aliphatic carbocycles. The van der Waals surface area contributed by atoms with Gasteiger partial charge >= 0.3 is 6.03 Å². The number of piperidine rings is 1. The summed E-state index contributed by atoms with van der Waals surface area (Å²) in [6, 6.07) is 7.79. The van der Waals surface area contributed by atoms with E-state index in [0.717, 1.165) is 50.2 Å². The van der Waals surface area contributed by atoms with Crippen LogP contribution in [0.25, 0.3) is 0 Å². The van der Waals surface area contributed by atoms with Gasteiger partial charge in [0.2, 0.25) is 5.91 Å². The Kier molecular flexibility index (Phi) is 8.48. The van der Waals surface area contributed by atoms with Crippen LogP contribution < -0.4 is 15.0 Å². The summed E-state index contributed by atoms with van der Waals surface area (Å²) in [6.07, 6.45) is 8.66. The molecule has 3 heterocycles. The van der Waals surface area contributed by atoms with Crippen molar-refractivity contribution in [2.24, 2.45) is 5.92 Å². The number of fused-ring (bicyclic) bond motifs is 1. The number of benzene rings is 1. The number of ether oxygens (including phenoxy) is 1. The highest BCUT2D eigenvalue weighted by Crippen LogP contribution is 2.35. The van der Waals surface area contributed by atoms with Crippen molar-refractivity contribution < 1.29 is 14.3 Å². The van der Waals surface area contributed by atoms with E-state index in [1.54, 1.807) is 0 Å². The predicted octanol–water partition coefficient (Wildman–Crippen LogP) is 3.88. The summed E-state index contributed by atoms with van der Waals surface area (Å²) < 4.78 is 6.02. The van der Waals surface area contributed by atoms with Gasteiger partial charge in [0, 0.05) is 25.6 Å². The molecule has 1 atom stereocenters. The number of hydrogen-bond acceptors (Lipinski definition) is 4. The molecule has 7 nitrogen and oxygen atoms in total. The third-order valence-electron chi connectivity index (χ3n) is 7.31. The number of para-hydroxylation sites is 2. The molecule has 0 spiro atoms. The maximum Gasteiger partial charge on any atom is 0.324 e. The van der Waals surface area contributed by atoms with E-state index in [-0.39, 0.29) is 24.0 Å². The lowest BCUT2D eigenvalue weighted by Crippen LogP contribution is -2.52. The first-order chi connectivity index (χ1) is 16.2. The molecule has 1 unspecified atom stereocenters. The third-order valence-corrected chi connectivity index (χ3v) is 7.31. The van der Waals surface area contributed by atoms with Gasteiger partial charge in [0.1, 0.15) is 11.9 Å². The minimum Gasteiger partial charge on any atom is -0.486 e. The Balaban J connectivity index is 1.21. The Morgan fingerprint density at radius 1 is 1.03 bits per heavy atom. The number of nitrogens with one attached hydrogen (secondary N) is 1. The van der Waals surface area contributed by atoms with Crippen LogP contribution in [-0.2, 0) is 4.79 Å². The lowest BCUT2D eigenvalue weighted by Gasteiger charge is -2.39. The van der Waals surface area contributed by atoms with Crippen molar-refractivity contribution >= 4 is 17.6 Å². The number of carbonyl (C=O) groups excluding carboxylic acids is 2. The number of nitrogens with zero attached hydrogens (tertiary/aromatic N) is 3. The van der Waals surface area contributed by atoms with Gasteiger partial charge in [0.15, 0.2) is 0 Å². The molecule has 1 aromatic carbocycles. The van der Waals surface area contributed by atoms with Crippen molar-refractivity contribution in [2.75, 3.05) is 50.7 Å². The van der Waals surface area contributed by atoms with Crippen LogP contribution in [0, 0.1) is 5.92 Å². The van der Waals surface area contributed by atoms with Crippen LogP contribution >= 0.6 is 0 Å². The maximum atomic E-state index is 13.3. The van der Waals surface area contributed by atoms with E-state index < -0.39 is 0 Å². The van der Waals surface area contributed by atoms with E-state index in [4.69, 9.17) is 4.74 Å². The molecular weight excluding hydrogens is 416 g/mol. The van der Waals surface area contributed by atoms with Gasteiger partial charge in [0.05, 0.1) is 12.2 Å². The van der Waals surface area contributed by atoms with Crippen molar-refractivity contribution in [3.8, 4) is 5.75 Å². The lowest BCUT2D eigenvalue weighted by atomic mass is 9.96. The molecule has 3 aliphatic rings. The van der Waals surface area contributed by atoms with Crippen molar-refractivity contribution in [1.29, 1.82) is 0 Å². The van der Waals surface area contributed by atoms with Crippen molar-refractivity contribution in [3.05, 3.63) is 24.3 Å². The zero-order chi connectivity index (χ0) is 23.0. The Bertz CT molecular complexity index is 785. The van der Waals surface area contributed by atoms with Crippen LogP contribution in [0.3, 0.4) is 0 Å². The summed E-state index contributed by atoms with van der Waals surface area (Å²) >= 11 is 0. The summed E-state index contributed by atoms with van der Waals surface area (Å²) in [5.74, 6) is 0.937. The molecular formula is C26H40N4O3. The van der Waals surface area contributed by atoms with Crippen LogP contribution in [0.5, 0.6) is 5.75 Å². The molecule has 0 saturated carbocycles. The molecule has 1 aromatic rings. The number of urea groups is 1. The van der Waals surface area contributed by atoms with E-state index in [1.165, 1.54) is 38.8 Å². The van der Waals surface area contributed by atoms with Crippen LogP contribution in [0.2, 0.25) is 0 Å². The zero-order valence-corrected chi connectivity index (χ0v) is 20.1. The van der Waals surface area contributed by atoms with Crippen LogP contribution in [-0.4, -0.2) is 73.7 Å². The molecule has 0 bridgehead atoms. The van der Waals surface area contributed by atoms with E-state index in [0.29, 0.717) is 19.6 Å². The third kappa shape index (κ3) is 6.19. The largest absolute Gasteiger partial charge is 0.486 e. The van der Waals surface area contributed by atoms with E-state index >= 15 is 0 Å². The van der Waals surface area contributed by atoms with Crippen LogP contribution in [0.1, 0.15) is 58.3 Å². The summed E-state index contributed by atoms with van der Waals surface area (Å²) in [5.41, 5.74) is 0.844. The summed E-state index contributed by atoms with van der Waals surface area (Å²) in [6.45, 7) is 8.13. The fourth-order valence-corrected chi connectivity index (χ4v) is 5.21. The average Bonchev–Trinajstić information content (AvgIpc) is 3.14. The quantitative estimate of drug-likeness (QED) is 0.660. The first-order valence-corrected chi connectivity index (χ1v) is 13.0. The highest BCUT2D eigenvalue weighted by Gasteiger charge is 2.34. The summed E-state index contributed by atoms with van der Waals surface area (Å²) in [4.78, 5) is 32.3. The lowest BCUT2D eigenvalue weighted by molar-refractivity contribution is -0.126. The first kappa shape index (κ1) is 23.9. The normalized spacial score (nSPS) is 22.3. The topological polar surface area (TPSA) is 65.1 Å². The Morgan fingerprint density at radius 2 is 1.76 bits per heavy atom. The van der Waals surface area contributed by atoms with Crippen molar-refractivity contribution in [1.82, 2.24) is 15.1 Å². The Hall–Kier alpha value is -2.28. The number of rotatable bonds is 6. The van der Waals surface area contributed by atoms with Crippen molar-refractivity contribution in [3.63, 3.8) is 0 Å². The molecule has 2 saturated heterocycles. The molecule has 2 fully saturated rings. The molecule has 4 rings (SSSR count). The van der Waals surface area contributed by atoms with Gasteiger partial charge in [-0.25, -0.2) is 4.79 Å². The fraction of sp³-hybridized carbons (Fsp3) is 0.692. The number of anilines is 1. The average molecular weight is 457 g/mol. The van der Waals surface area contributed by atoms with Gasteiger partial charge < -0.3 is 19.9 Å². The molecule has 0 aromatic heterocycles. The van der Waals surface area contributed by atoms with E-state index in [9.17, 15) is 9.59 Å². The van der Waals surface area contributed by atoms with E-state index in [2.05, 4.69) is 17.1 Å². The van der Waals surface area contributed by atoms with Gasteiger partial charge in [-0.15, -0.1) is 0 Å².